The van der Waals surface area contributed by atoms with Gasteiger partial charge in [-0.25, -0.2) is 0 Å². The van der Waals surface area contributed by atoms with E-state index in [0.717, 1.165) is 19.6 Å². The Balaban J connectivity index is 3.64. The smallest absolute Gasteiger partial charge is 0.0897 e. The number of hydrogen-bond donors (Lipinski definition) is 2. The summed E-state index contributed by atoms with van der Waals surface area (Å²) in [6.45, 7) is 9.31. The van der Waals surface area contributed by atoms with E-state index in [9.17, 15) is 5.11 Å². The highest BCUT2D eigenvalue weighted by atomic mass is 16.5. The molecular weight excluding hydrogens is 246 g/mol. The summed E-state index contributed by atoms with van der Waals surface area (Å²) in [7, 11) is 3.35. The van der Waals surface area contributed by atoms with Crippen molar-refractivity contribution in [2.45, 2.75) is 39.4 Å². The van der Waals surface area contributed by atoms with E-state index in [1.807, 2.05) is 6.92 Å². The summed E-state index contributed by atoms with van der Waals surface area (Å²) in [4.78, 5) is 0. The van der Waals surface area contributed by atoms with Crippen LogP contribution in [-0.4, -0.2) is 64.4 Å². The zero-order chi connectivity index (χ0) is 14.7. The van der Waals surface area contributed by atoms with E-state index in [2.05, 4.69) is 19.2 Å². The first kappa shape index (κ1) is 18.8. The number of hydrogen-bond acceptors (Lipinski definition) is 5. The average Bonchev–Trinajstić information content (AvgIpc) is 2.34. The van der Waals surface area contributed by atoms with Gasteiger partial charge < -0.3 is 24.6 Å². The molecule has 0 aliphatic carbocycles. The molecule has 0 aliphatic rings. The number of aliphatic hydroxyl groups excluding tert-OH is 1. The van der Waals surface area contributed by atoms with Crippen LogP contribution in [0.2, 0.25) is 0 Å². The van der Waals surface area contributed by atoms with Crippen LogP contribution in [0.1, 0.15) is 27.2 Å². The lowest BCUT2D eigenvalue weighted by Gasteiger charge is -2.25. The standard InChI is InChI=1S/C14H31NO4/c1-12(9-18-5)19-10-13(16)8-15-11-14(2,3)6-7-17-4/h12-13,15-16H,6-11H2,1-5H3. The molecule has 0 amide bonds. The third kappa shape index (κ3) is 11.3. The highest BCUT2D eigenvalue weighted by molar-refractivity contribution is 4.72. The number of rotatable bonds is 12. The van der Waals surface area contributed by atoms with Gasteiger partial charge in [0, 0.05) is 33.9 Å². The predicted molar refractivity (Wildman–Crippen MR) is 76.4 cm³/mol. The molecule has 0 saturated heterocycles. The van der Waals surface area contributed by atoms with Gasteiger partial charge in [0.1, 0.15) is 0 Å². The predicted octanol–water partition coefficient (Wildman–Crippen LogP) is 1.05. The van der Waals surface area contributed by atoms with E-state index in [4.69, 9.17) is 14.2 Å². The van der Waals surface area contributed by atoms with Gasteiger partial charge in [-0.2, -0.15) is 0 Å². The summed E-state index contributed by atoms with van der Waals surface area (Å²) < 4.78 is 15.5. The zero-order valence-electron chi connectivity index (χ0n) is 13.1. The Kier molecular flexibility index (Phi) is 10.5. The van der Waals surface area contributed by atoms with Gasteiger partial charge in [0.2, 0.25) is 0 Å². The van der Waals surface area contributed by atoms with Gasteiger partial charge in [-0.05, 0) is 18.8 Å². The van der Waals surface area contributed by atoms with Crippen molar-refractivity contribution in [3.63, 3.8) is 0 Å². The molecule has 116 valence electrons. The lowest BCUT2D eigenvalue weighted by atomic mass is 9.90. The second kappa shape index (κ2) is 10.6. The second-order valence-electron chi connectivity index (χ2n) is 5.79. The van der Waals surface area contributed by atoms with Crippen LogP contribution in [-0.2, 0) is 14.2 Å². The fourth-order valence-electron chi connectivity index (χ4n) is 1.66. The zero-order valence-corrected chi connectivity index (χ0v) is 13.1. The molecule has 0 bridgehead atoms. The molecule has 0 aromatic carbocycles. The van der Waals surface area contributed by atoms with Crippen molar-refractivity contribution in [1.29, 1.82) is 0 Å². The van der Waals surface area contributed by atoms with E-state index in [0.29, 0.717) is 19.8 Å². The molecule has 0 saturated carbocycles. The maximum Gasteiger partial charge on any atom is 0.0897 e. The van der Waals surface area contributed by atoms with Crippen LogP contribution < -0.4 is 5.32 Å². The van der Waals surface area contributed by atoms with Crippen LogP contribution in [0.3, 0.4) is 0 Å². The SMILES string of the molecule is COCCC(C)(C)CNCC(O)COC(C)COC. The summed E-state index contributed by atoms with van der Waals surface area (Å²) in [6.07, 6.45) is 0.517. The fourth-order valence-corrected chi connectivity index (χ4v) is 1.66. The molecule has 0 heterocycles. The molecule has 0 aromatic heterocycles. The minimum atomic E-state index is -0.488. The van der Waals surface area contributed by atoms with E-state index in [1.54, 1.807) is 14.2 Å². The Morgan fingerprint density at radius 1 is 1.16 bits per heavy atom. The second-order valence-corrected chi connectivity index (χ2v) is 5.79. The van der Waals surface area contributed by atoms with E-state index < -0.39 is 6.10 Å². The van der Waals surface area contributed by atoms with Crippen LogP contribution in [0.25, 0.3) is 0 Å². The summed E-state index contributed by atoms with van der Waals surface area (Å²) in [6, 6.07) is 0. The first-order valence-electron chi connectivity index (χ1n) is 6.89. The van der Waals surface area contributed by atoms with Gasteiger partial charge in [-0.15, -0.1) is 0 Å². The van der Waals surface area contributed by atoms with Gasteiger partial charge in [-0.1, -0.05) is 13.8 Å². The number of aliphatic hydroxyl groups is 1. The largest absolute Gasteiger partial charge is 0.389 e. The van der Waals surface area contributed by atoms with Crippen molar-refractivity contribution < 1.29 is 19.3 Å². The molecule has 0 radical (unpaired) electrons. The Hall–Kier alpha value is -0.200. The maximum absolute atomic E-state index is 9.79. The van der Waals surface area contributed by atoms with Crippen molar-refractivity contribution in [2.75, 3.05) is 47.1 Å². The molecule has 2 N–H and O–H groups in total. The Labute approximate surface area is 117 Å². The highest BCUT2D eigenvalue weighted by Crippen LogP contribution is 2.18. The van der Waals surface area contributed by atoms with Gasteiger partial charge >= 0.3 is 0 Å². The van der Waals surface area contributed by atoms with E-state index in [1.165, 1.54) is 0 Å². The van der Waals surface area contributed by atoms with Crippen molar-refractivity contribution in [1.82, 2.24) is 5.32 Å². The van der Waals surface area contributed by atoms with Crippen LogP contribution in [0.5, 0.6) is 0 Å². The molecule has 2 unspecified atom stereocenters. The first-order valence-corrected chi connectivity index (χ1v) is 6.89. The lowest BCUT2D eigenvalue weighted by molar-refractivity contribution is -0.0315. The maximum atomic E-state index is 9.79. The normalized spacial score (nSPS) is 15.5. The Bertz CT molecular complexity index is 212. The summed E-state index contributed by atoms with van der Waals surface area (Å²) >= 11 is 0. The van der Waals surface area contributed by atoms with Gasteiger partial charge in [0.05, 0.1) is 25.4 Å². The first-order chi connectivity index (χ1) is 8.91. The molecule has 0 rings (SSSR count). The van der Waals surface area contributed by atoms with Gasteiger partial charge in [0.15, 0.2) is 0 Å². The fraction of sp³-hybridized carbons (Fsp3) is 1.00. The molecule has 0 spiro atoms. The van der Waals surface area contributed by atoms with E-state index >= 15 is 0 Å². The minimum Gasteiger partial charge on any atom is -0.389 e. The lowest BCUT2D eigenvalue weighted by Crippen LogP contribution is -2.37. The topological polar surface area (TPSA) is 60.0 Å². The van der Waals surface area contributed by atoms with Crippen LogP contribution >= 0.6 is 0 Å². The average molecular weight is 277 g/mol. The highest BCUT2D eigenvalue weighted by Gasteiger charge is 2.17. The summed E-state index contributed by atoms with van der Waals surface area (Å²) in [5, 5.41) is 13.1. The molecular formula is C14H31NO4. The van der Waals surface area contributed by atoms with Crippen molar-refractivity contribution >= 4 is 0 Å². The van der Waals surface area contributed by atoms with Crippen molar-refractivity contribution in [3.8, 4) is 0 Å². The molecule has 19 heavy (non-hydrogen) atoms. The monoisotopic (exact) mass is 277 g/mol. The minimum absolute atomic E-state index is 0.0118. The molecule has 5 nitrogen and oxygen atoms in total. The Morgan fingerprint density at radius 2 is 1.84 bits per heavy atom. The Morgan fingerprint density at radius 3 is 2.42 bits per heavy atom. The van der Waals surface area contributed by atoms with Crippen LogP contribution in [0.4, 0.5) is 0 Å². The molecule has 2 atom stereocenters. The molecule has 0 aromatic rings. The van der Waals surface area contributed by atoms with Gasteiger partial charge in [0.25, 0.3) is 0 Å². The van der Waals surface area contributed by atoms with Crippen LogP contribution in [0, 0.1) is 5.41 Å². The third-order valence-electron chi connectivity index (χ3n) is 2.94. The van der Waals surface area contributed by atoms with Crippen LogP contribution in [0.15, 0.2) is 0 Å². The summed E-state index contributed by atoms with van der Waals surface area (Å²) in [5.74, 6) is 0. The molecule has 0 fully saturated rings. The quantitative estimate of drug-likeness (QED) is 0.558. The molecule has 0 aliphatic heterocycles. The number of nitrogens with one attached hydrogen (secondary N) is 1. The van der Waals surface area contributed by atoms with E-state index in [-0.39, 0.29) is 11.5 Å². The number of ether oxygens (including phenoxy) is 3. The van der Waals surface area contributed by atoms with Gasteiger partial charge in [-0.3, -0.25) is 0 Å². The number of methoxy groups -OCH3 is 2. The summed E-state index contributed by atoms with van der Waals surface area (Å²) in [5.41, 5.74) is 0.167. The van der Waals surface area contributed by atoms with Crippen molar-refractivity contribution in [3.05, 3.63) is 0 Å². The van der Waals surface area contributed by atoms with Crippen molar-refractivity contribution in [2.24, 2.45) is 5.41 Å². The molecule has 5 heteroatoms. The third-order valence-corrected chi connectivity index (χ3v) is 2.94.